The van der Waals surface area contributed by atoms with Crippen LogP contribution in [0.3, 0.4) is 0 Å². The molecule has 30 heavy (non-hydrogen) atoms. The van der Waals surface area contributed by atoms with Gasteiger partial charge in [-0.15, -0.1) is 11.3 Å². The highest BCUT2D eigenvalue weighted by molar-refractivity contribution is 7.18. The number of pyridine rings is 1. The SMILES string of the molecule is OCC#Cc1csc2c(NCCCc3ccccc3)nc(-c3ccncc3F)nc12. The Morgan fingerprint density at radius 1 is 1.13 bits per heavy atom. The van der Waals surface area contributed by atoms with Crippen LogP contribution in [0.2, 0.25) is 0 Å². The summed E-state index contributed by atoms with van der Waals surface area (Å²) in [6.45, 7) is 0.480. The molecule has 0 amide bonds. The first-order valence-corrected chi connectivity index (χ1v) is 10.4. The molecule has 2 N–H and O–H groups in total. The molecular weight excluding hydrogens is 399 g/mol. The molecule has 0 unspecified atom stereocenters. The van der Waals surface area contributed by atoms with Crippen molar-refractivity contribution in [1.82, 2.24) is 15.0 Å². The summed E-state index contributed by atoms with van der Waals surface area (Å²) >= 11 is 1.48. The highest BCUT2D eigenvalue weighted by Crippen LogP contribution is 2.32. The van der Waals surface area contributed by atoms with E-state index in [1.165, 1.54) is 23.1 Å². The summed E-state index contributed by atoms with van der Waals surface area (Å²) < 4.78 is 15.2. The lowest BCUT2D eigenvalue weighted by molar-refractivity contribution is 0.350. The van der Waals surface area contributed by atoms with Crippen molar-refractivity contribution in [2.75, 3.05) is 18.5 Å². The number of thiophene rings is 1. The van der Waals surface area contributed by atoms with Crippen LogP contribution in [-0.2, 0) is 6.42 Å². The number of anilines is 1. The van der Waals surface area contributed by atoms with Gasteiger partial charge in [-0.25, -0.2) is 14.4 Å². The highest BCUT2D eigenvalue weighted by atomic mass is 32.1. The number of rotatable bonds is 6. The standard InChI is InChI=1S/C23H19FN4OS/c24-19-14-25-12-10-18(19)22-27-20-17(9-5-13-29)15-30-21(20)23(28-22)26-11-4-8-16-6-2-1-3-7-16/h1-3,6-7,10,12,14-15,29H,4,8,11,13H2,(H,26,27,28). The fourth-order valence-electron chi connectivity index (χ4n) is 3.08. The molecule has 0 spiro atoms. The van der Waals surface area contributed by atoms with Gasteiger partial charge in [0.25, 0.3) is 0 Å². The van der Waals surface area contributed by atoms with E-state index in [2.05, 4.69) is 44.2 Å². The predicted octanol–water partition coefficient (Wildman–Crippen LogP) is 4.28. The van der Waals surface area contributed by atoms with Gasteiger partial charge in [-0.1, -0.05) is 42.2 Å². The third-order valence-electron chi connectivity index (χ3n) is 4.51. The molecule has 7 heteroatoms. The topological polar surface area (TPSA) is 70.9 Å². The molecular formula is C23H19FN4OS. The van der Waals surface area contributed by atoms with E-state index in [1.807, 2.05) is 23.6 Å². The first-order chi connectivity index (χ1) is 14.8. The number of fused-ring (bicyclic) bond motifs is 1. The third-order valence-corrected chi connectivity index (χ3v) is 5.48. The van der Waals surface area contributed by atoms with Crippen molar-refractivity contribution < 1.29 is 9.50 Å². The molecule has 0 atom stereocenters. The zero-order valence-corrected chi connectivity index (χ0v) is 16.9. The minimum atomic E-state index is -0.481. The molecule has 0 saturated carbocycles. The van der Waals surface area contributed by atoms with Gasteiger partial charge >= 0.3 is 0 Å². The molecule has 1 aromatic carbocycles. The van der Waals surface area contributed by atoms with E-state index in [0.717, 1.165) is 30.3 Å². The summed E-state index contributed by atoms with van der Waals surface area (Å²) in [7, 11) is 0. The van der Waals surface area contributed by atoms with Gasteiger partial charge in [0.15, 0.2) is 11.6 Å². The van der Waals surface area contributed by atoms with Crippen molar-refractivity contribution in [2.45, 2.75) is 12.8 Å². The van der Waals surface area contributed by atoms with Gasteiger partial charge in [0.05, 0.1) is 22.0 Å². The van der Waals surface area contributed by atoms with Crippen LogP contribution in [0.4, 0.5) is 10.2 Å². The van der Waals surface area contributed by atoms with E-state index in [9.17, 15) is 4.39 Å². The normalized spacial score (nSPS) is 10.6. The second-order valence-corrected chi connectivity index (χ2v) is 7.43. The van der Waals surface area contributed by atoms with Gasteiger partial charge in [0.1, 0.15) is 17.9 Å². The van der Waals surface area contributed by atoms with Crippen molar-refractivity contribution in [1.29, 1.82) is 0 Å². The predicted molar refractivity (Wildman–Crippen MR) is 118 cm³/mol. The van der Waals surface area contributed by atoms with E-state index < -0.39 is 5.82 Å². The summed E-state index contributed by atoms with van der Waals surface area (Å²) in [6.07, 6.45) is 4.54. The fraction of sp³-hybridized carbons (Fsp3) is 0.174. The summed E-state index contributed by atoms with van der Waals surface area (Å²) in [4.78, 5) is 13.0. The first kappa shape index (κ1) is 20.0. The van der Waals surface area contributed by atoms with E-state index in [1.54, 1.807) is 6.07 Å². The van der Waals surface area contributed by atoms with Crippen LogP contribution in [0.25, 0.3) is 21.6 Å². The largest absolute Gasteiger partial charge is 0.384 e. The van der Waals surface area contributed by atoms with Gasteiger partial charge in [-0.3, -0.25) is 4.98 Å². The Balaban J connectivity index is 1.65. The molecule has 4 rings (SSSR count). The van der Waals surface area contributed by atoms with Gasteiger partial charge in [-0.2, -0.15) is 0 Å². The Kier molecular flexibility index (Phi) is 6.28. The number of aromatic nitrogens is 3. The monoisotopic (exact) mass is 418 g/mol. The number of aliphatic hydroxyl groups is 1. The third kappa shape index (κ3) is 4.46. The van der Waals surface area contributed by atoms with Crippen LogP contribution in [0.15, 0.2) is 54.2 Å². The lowest BCUT2D eigenvalue weighted by Gasteiger charge is -2.09. The number of nitrogens with zero attached hydrogens (tertiary/aromatic N) is 3. The fourth-order valence-corrected chi connectivity index (χ4v) is 3.99. The molecule has 0 aliphatic rings. The molecule has 0 fully saturated rings. The van der Waals surface area contributed by atoms with Crippen LogP contribution >= 0.6 is 11.3 Å². The zero-order chi connectivity index (χ0) is 20.8. The Hall–Kier alpha value is -3.34. The maximum absolute atomic E-state index is 14.3. The molecule has 0 aliphatic carbocycles. The van der Waals surface area contributed by atoms with Crippen LogP contribution in [0.5, 0.6) is 0 Å². The summed E-state index contributed by atoms with van der Waals surface area (Å²) in [5.41, 5.74) is 2.90. The van der Waals surface area contributed by atoms with Crippen molar-refractivity contribution in [3.8, 4) is 23.2 Å². The molecule has 0 saturated heterocycles. The number of benzene rings is 1. The molecule has 3 heterocycles. The maximum Gasteiger partial charge on any atom is 0.165 e. The van der Waals surface area contributed by atoms with Crippen molar-refractivity contribution in [2.24, 2.45) is 0 Å². The Morgan fingerprint density at radius 2 is 2.00 bits per heavy atom. The van der Waals surface area contributed by atoms with Crippen LogP contribution in [-0.4, -0.2) is 33.2 Å². The van der Waals surface area contributed by atoms with Crippen LogP contribution in [0, 0.1) is 17.7 Å². The lowest BCUT2D eigenvalue weighted by atomic mass is 10.1. The van der Waals surface area contributed by atoms with E-state index in [0.29, 0.717) is 16.9 Å². The molecule has 0 aliphatic heterocycles. The second-order valence-electron chi connectivity index (χ2n) is 6.55. The number of halogens is 1. The van der Waals surface area contributed by atoms with E-state index >= 15 is 0 Å². The minimum absolute atomic E-state index is 0.237. The van der Waals surface area contributed by atoms with Gasteiger partial charge in [0.2, 0.25) is 0 Å². The minimum Gasteiger partial charge on any atom is -0.384 e. The van der Waals surface area contributed by atoms with Crippen molar-refractivity contribution in [3.63, 3.8) is 0 Å². The zero-order valence-electron chi connectivity index (χ0n) is 16.1. The number of hydrogen-bond donors (Lipinski definition) is 2. The summed E-state index contributed by atoms with van der Waals surface area (Å²) in [5.74, 6) is 6.01. The maximum atomic E-state index is 14.3. The Labute approximate surface area is 177 Å². The van der Waals surface area contributed by atoms with Gasteiger partial charge in [-0.05, 0) is 24.5 Å². The first-order valence-electron chi connectivity index (χ1n) is 9.53. The molecule has 0 radical (unpaired) electrons. The average Bonchev–Trinajstić information content (AvgIpc) is 3.19. The van der Waals surface area contributed by atoms with Gasteiger partial charge in [0, 0.05) is 18.1 Å². The Morgan fingerprint density at radius 3 is 2.80 bits per heavy atom. The smallest absolute Gasteiger partial charge is 0.165 e. The average molecular weight is 418 g/mol. The summed E-state index contributed by atoms with van der Waals surface area (Å²) in [5, 5.41) is 14.3. The number of aliphatic hydroxyl groups excluding tert-OH is 1. The molecule has 4 aromatic rings. The van der Waals surface area contributed by atoms with Crippen molar-refractivity contribution >= 4 is 27.4 Å². The number of aryl methyl sites for hydroxylation is 1. The molecule has 3 aromatic heterocycles. The number of hydrogen-bond acceptors (Lipinski definition) is 6. The Bertz CT molecular complexity index is 1210. The summed E-state index contributed by atoms with van der Waals surface area (Å²) in [6, 6.07) is 11.9. The van der Waals surface area contributed by atoms with Crippen LogP contribution < -0.4 is 5.32 Å². The lowest BCUT2D eigenvalue weighted by Crippen LogP contribution is -2.06. The van der Waals surface area contributed by atoms with Crippen LogP contribution in [0.1, 0.15) is 17.5 Å². The number of nitrogens with one attached hydrogen (secondary N) is 1. The van der Waals surface area contributed by atoms with Gasteiger partial charge < -0.3 is 10.4 Å². The van der Waals surface area contributed by atoms with Crippen molar-refractivity contribution in [3.05, 3.63) is 71.1 Å². The quantitative estimate of drug-likeness (QED) is 0.361. The molecule has 5 nitrogen and oxygen atoms in total. The molecule has 150 valence electrons. The second kappa shape index (κ2) is 9.44. The molecule has 0 bridgehead atoms. The van der Waals surface area contributed by atoms with E-state index in [4.69, 9.17) is 5.11 Å². The van der Waals surface area contributed by atoms with E-state index in [-0.39, 0.29) is 18.0 Å². The highest BCUT2D eigenvalue weighted by Gasteiger charge is 2.16.